The fraction of sp³-hybridized carbons (Fsp3) is 0.316. The van der Waals surface area contributed by atoms with Crippen LogP contribution in [0.4, 0.5) is 0 Å². The Bertz CT molecular complexity index is 802. The first-order valence-corrected chi connectivity index (χ1v) is 9.31. The van der Waals surface area contributed by atoms with Gasteiger partial charge >= 0.3 is 0 Å². The van der Waals surface area contributed by atoms with E-state index >= 15 is 0 Å². The number of aromatic nitrogens is 4. The molecule has 0 spiro atoms. The summed E-state index contributed by atoms with van der Waals surface area (Å²) in [4.78, 5) is 2.41. The molecule has 3 rings (SSSR count). The lowest BCUT2D eigenvalue weighted by Gasteiger charge is -2.29. The number of tetrazole rings is 1. The van der Waals surface area contributed by atoms with Gasteiger partial charge in [-0.2, -0.15) is 4.68 Å². The molecule has 1 unspecified atom stereocenters. The van der Waals surface area contributed by atoms with Crippen LogP contribution in [0.2, 0.25) is 0 Å². The Labute approximate surface area is 156 Å². The lowest BCUT2D eigenvalue weighted by Crippen LogP contribution is -2.29. The van der Waals surface area contributed by atoms with Crippen LogP contribution in [0.25, 0.3) is 5.69 Å². The summed E-state index contributed by atoms with van der Waals surface area (Å²) < 4.78 is 2.95. The van der Waals surface area contributed by atoms with Crippen molar-refractivity contribution in [1.82, 2.24) is 25.1 Å². The van der Waals surface area contributed by atoms with Gasteiger partial charge in [-0.25, -0.2) is 0 Å². The van der Waals surface area contributed by atoms with Crippen LogP contribution in [0.1, 0.15) is 37.7 Å². The van der Waals surface area contributed by atoms with E-state index in [1.165, 1.54) is 5.56 Å². The molecule has 130 valence electrons. The van der Waals surface area contributed by atoms with Gasteiger partial charge < -0.3 is 0 Å². The molecule has 1 heterocycles. The molecule has 3 aromatic rings. The van der Waals surface area contributed by atoms with E-state index in [2.05, 4.69) is 68.4 Å². The molecule has 1 atom stereocenters. The maximum absolute atomic E-state index is 4.26. The number of hydrogen-bond acceptors (Lipinski definition) is 4. The number of halogens is 1. The predicted octanol–water partition coefficient (Wildman–Crippen LogP) is 4.40. The minimum atomic E-state index is 0.261. The highest BCUT2D eigenvalue weighted by Gasteiger charge is 2.20. The molecule has 5 nitrogen and oxygen atoms in total. The Morgan fingerprint density at radius 3 is 2.52 bits per heavy atom. The molecule has 0 saturated heterocycles. The Morgan fingerprint density at radius 2 is 1.80 bits per heavy atom. The molecule has 25 heavy (non-hydrogen) atoms. The Kier molecular flexibility index (Phi) is 5.94. The number of hydrogen-bond donors (Lipinski definition) is 0. The van der Waals surface area contributed by atoms with E-state index in [9.17, 15) is 0 Å². The standard InChI is InChI=1S/C19H22BrN5/c1-3-13-24(15(2)17-11-7-8-12-18(17)20)14-19-21-22-23-25(19)16-9-5-4-6-10-16/h4-12,15H,3,13-14H2,1-2H3. The first kappa shape index (κ1) is 17.8. The molecule has 0 aliphatic rings. The van der Waals surface area contributed by atoms with Gasteiger partial charge in [0.05, 0.1) is 12.2 Å². The fourth-order valence-electron chi connectivity index (χ4n) is 2.96. The normalized spacial score (nSPS) is 12.5. The van der Waals surface area contributed by atoms with Gasteiger partial charge in [0, 0.05) is 10.5 Å². The molecule has 0 radical (unpaired) electrons. The van der Waals surface area contributed by atoms with Crippen molar-refractivity contribution in [3.8, 4) is 5.69 Å². The second-order valence-corrected chi connectivity index (χ2v) is 6.86. The third-order valence-corrected chi connectivity index (χ3v) is 5.02. The molecule has 0 fully saturated rings. The molecule has 0 aliphatic heterocycles. The van der Waals surface area contributed by atoms with E-state index in [0.717, 1.165) is 29.0 Å². The van der Waals surface area contributed by atoms with Crippen LogP contribution >= 0.6 is 15.9 Å². The molecule has 0 saturated carbocycles. The SMILES string of the molecule is CCCN(Cc1nnnn1-c1ccccc1)C(C)c1ccccc1Br. The van der Waals surface area contributed by atoms with Crippen molar-refractivity contribution >= 4 is 15.9 Å². The third-order valence-electron chi connectivity index (χ3n) is 4.29. The first-order valence-electron chi connectivity index (χ1n) is 8.52. The van der Waals surface area contributed by atoms with Crippen LogP contribution < -0.4 is 0 Å². The number of para-hydroxylation sites is 1. The van der Waals surface area contributed by atoms with Crippen LogP contribution in [0.3, 0.4) is 0 Å². The van der Waals surface area contributed by atoms with Gasteiger partial charge in [0.15, 0.2) is 5.82 Å². The summed E-state index contributed by atoms with van der Waals surface area (Å²) in [5.41, 5.74) is 2.25. The van der Waals surface area contributed by atoms with Gasteiger partial charge in [0.2, 0.25) is 0 Å². The van der Waals surface area contributed by atoms with Crippen LogP contribution in [0, 0.1) is 0 Å². The van der Waals surface area contributed by atoms with Crippen LogP contribution in [0.5, 0.6) is 0 Å². The van der Waals surface area contributed by atoms with E-state index in [0.29, 0.717) is 6.54 Å². The summed E-state index contributed by atoms with van der Waals surface area (Å²) in [5, 5.41) is 12.3. The van der Waals surface area contributed by atoms with Crippen molar-refractivity contribution in [3.05, 3.63) is 70.5 Å². The number of rotatable bonds is 7. The highest BCUT2D eigenvalue weighted by Crippen LogP contribution is 2.28. The van der Waals surface area contributed by atoms with Crippen molar-refractivity contribution in [1.29, 1.82) is 0 Å². The summed E-state index contributed by atoms with van der Waals surface area (Å²) in [7, 11) is 0. The van der Waals surface area contributed by atoms with Crippen molar-refractivity contribution in [2.75, 3.05) is 6.54 Å². The Hall–Kier alpha value is -2.05. The van der Waals surface area contributed by atoms with Gasteiger partial charge in [-0.1, -0.05) is 59.3 Å². The van der Waals surface area contributed by atoms with E-state index in [1.54, 1.807) is 0 Å². The smallest absolute Gasteiger partial charge is 0.170 e. The summed E-state index contributed by atoms with van der Waals surface area (Å²) in [6.45, 7) is 6.09. The second-order valence-electron chi connectivity index (χ2n) is 6.01. The quantitative estimate of drug-likeness (QED) is 0.590. The van der Waals surface area contributed by atoms with Gasteiger partial charge in [0.25, 0.3) is 0 Å². The van der Waals surface area contributed by atoms with Crippen molar-refractivity contribution in [3.63, 3.8) is 0 Å². The van der Waals surface area contributed by atoms with Crippen LogP contribution in [-0.2, 0) is 6.54 Å². The van der Waals surface area contributed by atoms with Gasteiger partial charge in [0.1, 0.15) is 0 Å². The number of nitrogens with zero attached hydrogens (tertiary/aromatic N) is 5. The topological polar surface area (TPSA) is 46.8 Å². The zero-order chi connectivity index (χ0) is 17.6. The van der Waals surface area contributed by atoms with Crippen LogP contribution in [-0.4, -0.2) is 31.7 Å². The Morgan fingerprint density at radius 1 is 1.08 bits per heavy atom. The average Bonchev–Trinajstić information content (AvgIpc) is 3.10. The summed E-state index contributed by atoms with van der Waals surface area (Å²) in [5.74, 6) is 0.846. The lowest BCUT2D eigenvalue weighted by molar-refractivity contribution is 0.194. The fourth-order valence-corrected chi connectivity index (χ4v) is 3.58. The highest BCUT2D eigenvalue weighted by atomic mass is 79.9. The van der Waals surface area contributed by atoms with E-state index < -0.39 is 0 Å². The average molecular weight is 400 g/mol. The van der Waals surface area contributed by atoms with Crippen molar-refractivity contribution < 1.29 is 0 Å². The molecule has 0 amide bonds. The Balaban J connectivity index is 1.86. The largest absolute Gasteiger partial charge is 0.289 e. The zero-order valence-electron chi connectivity index (χ0n) is 14.5. The summed E-state index contributed by atoms with van der Waals surface area (Å²) >= 11 is 3.67. The summed E-state index contributed by atoms with van der Waals surface area (Å²) in [6, 6.07) is 18.6. The maximum Gasteiger partial charge on any atom is 0.170 e. The minimum Gasteiger partial charge on any atom is -0.289 e. The van der Waals surface area contributed by atoms with Gasteiger partial charge in [-0.05, 0) is 54.1 Å². The summed E-state index contributed by atoms with van der Waals surface area (Å²) in [6.07, 6.45) is 1.07. The molecule has 0 aliphatic carbocycles. The predicted molar refractivity (Wildman–Crippen MR) is 102 cm³/mol. The molecule has 1 aromatic heterocycles. The third kappa shape index (κ3) is 4.14. The van der Waals surface area contributed by atoms with E-state index in [-0.39, 0.29) is 6.04 Å². The van der Waals surface area contributed by atoms with Gasteiger partial charge in [-0.3, -0.25) is 4.90 Å². The van der Waals surface area contributed by atoms with Crippen LogP contribution in [0.15, 0.2) is 59.1 Å². The molecule has 2 aromatic carbocycles. The minimum absolute atomic E-state index is 0.261. The molecular weight excluding hydrogens is 378 g/mol. The highest BCUT2D eigenvalue weighted by molar-refractivity contribution is 9.10. The second kappa shape index (κ2) is 8.36. The number of benzene rings is 2. The zero-order valence-corrected chi connectivity index (χ0v) is 16.1. The van der Waals surface area contributed by atoms with Crippen molar-refractivity contribution in [2.24, 2.45) is 0 Å². The maximum atomic E-state index is 4.26. The molecule has 6 heteroatoms. The molecular formula is C19H22BrN5. The van der Waals surface area contributed by atoms with E-state index in [1.807, 2.05) is 41.1 Å². The van der Waals surface area contributed by atoms with Gasteiger partial charge in [-0.15, -0.1) is 5.10 Å². The molecule has 0 bridgehead atoms. The van der Waals surface area contributed by atoms with E-state index in [4.69, 9.17) is 0 Å². The lowest BCUT2D eigenvalue weighted by atomic mass is 10.1. The monoisotopic (exact) mass is 399 g/mol. The molecule has 0 N–H and O–H groups in total. The first-order chi connectivity index (χ1) is 12.2. The van der Waals surface area contributed by atoms with Crippen molar-refractivity contribution in [2.45, 2.75) is 32.9 Å².